The number of hydrogen-bond acceptors (Lipinski definition) is 5. The fourth-order valence-electron chi connectivity index (χ4n) is 2.48. The summed E-state index contributed by atoms with van der Waals surface area (Å²) in [4.78, 5) is 25.4. The lowest BCUT2D eigenvalue weighted by atomic mass is 10.1. The van der Waals surface area contributed by atoms with Crippen molar-refractivity contribution in [2.24, 2.45) is 5.73 Å². The summed E-state index contributed by atoms with van der Waals surface area (Å²) in [5.41, 5.74) is 7.75. The van der Waals surface area contributed by atoms with Crippen molar-refractivity contribution in [3.05, 3.63) is 33.7 Å². The van der Waals surface area contributed by atoms with Gasteiger partial charge in [0.15, 0.2) is 0 Å². The highest BCUT2D eigenvalue weighted by molar-refractivity contribution is 8.18. The van der Waals surface area contributed by atoms with Crippen molar-refractivity contribution in [1.29, 1.82) is 0 Å². The van der Waals surface area contributed by atoms with Crippen LogP contribution in [0.4, 0.5) is 10.5 Å². The quantitative estimate of drug-likeness (QED) is 0.793. The van der Waals surface area contributed by atoms with Gasteiger partial charge < -0.3 is 10.6 Å². The van der Waals surface area contributed by atoms with Gasteiger partial charge in [0.2, 0.25) is 0 Å². The molecular formula is C14H15Cl2N3O2S. The lowest BCUT2D eigenvalue weighted by molar-refractivity contribution is -0.115. The molecule has 1 aromatic carbocycles. The molecule has 0 aliphatic carbocycles. The van der Waals surface area contributed by atoms with Crippen LogP contribution in [0.2, 0.25) is 5.02 Å². The Kier molecular flexibility index (Phi) is 5.39. The zero-order chi connectivity index (χ0) is 15.0. The highest BCUT2D eigenvalue weighted by atomic mass is 35.5. The van der Waals surface area contributed by atoms with E-state index in [9.17, 15) is 9.59 Å². The number of nitrogens with one attached hydrogen (secondary N) is 1. The Morgan fingerprint density at radius 2 is 2.18 bits per heavy atom. The lowest BCUT2D eigenvalue weighted by Gasteiger charge is -2.21. The molecule has 0 unspecified atom stereocenters. The number of nitrogens with zero attached hydrogens (tertiary/aromatic N) is 1. The Bertz CT molecular complexity index is 651. The standard InChI is InChI=1S/C14H14ClN3O2S.ClH/c15-9-2-1-8(5-12-13(19)17-14(20)21-12)11(6-9)18-4-3-10(16)7-18;/h1-2,5-6,10H,3-4,7,16H2,(H,17,19,20);1H/b12-5-;/t10-;/m0./s1. The van der Waals surface area contributed by atoms with Gasteiger partial charge in [-0.1, -0.05) is 17.7 Å². The smallest absolute Gasteiger partial charge is 0.290 e. The van der Waals surface area contributed by atoms with E-state index in [1.54, 1.807) is 12.1 Å². The zero-order valence-corrected chi connectivity index (χ0v) is 13.9. The van der Waals surface area contributed by atoms with Crippen LogP contribution >= 0.6 is 35.8 Å². The first kappa shape index (κ1) is 17.1. The molecule has 0 saturated carbocycles. The van der Waals surface area contributed by atoms with Crippen LogP contribution in [0.1, 0.15) is 12.0 Å². The first-order valence-electron chi connectivity index (χ1n) is 6.58. The van der Waals surface area contributed by atoms with E-state index in [1.807, 2.05) is 12.1 Å². The van der Waals surface area contributed by atoms with Crippen molar-refractivity contribution < 1.29 is 9.59 Å². The van der Waals surface area contributed by atoms with Crippen molar-refractivity contribution >= 4 is 58.7 Å². The van der Waals surface area contributed by atoms with Gasteiger partial charge in [-0.2, -0.15) is 0 Å². The molecule has 2 heterocycles. The number of imide groups is 1. The lowest BCUT2D eigenvalue weighted by Crippen LogP contribution is -2.26. The molecular weight excluding hydrogens is 345 g/mol. The molecule has 0 spiro atoms. The molecule has 22 heavy (non-hydrogen) atoms. The zero-order valence-electron chi connectivity index (χ0n) is 11.5. The molecule has 2 aliphatic heterocycles. The first-order chi connectivity index (χ1) is 10.0. The van der Waals surface area contributed by atoms with Crippen LogP contribution in [0.3, 0.4) is 0 Å². The number of hydrogen-bond donors (Lipinski definition) is 2. The van der Waals surface area contributed by atoms with Crippen LogP contribution in [0.15, 0.2) is 23.1 Å². The van der Waals surface area contributed by atoms with Gasteiger partial charge >= 0.3 is 0 Å². The molecule has 0 bridgehead atoms. The molecule has 5 nitrogen and oxygen atoms in total. The third-order valence-corrected chi connectivity index (χ3v) is 4.53. The van der Waals surface area contributed by atoms with Crippen molar-refractivity contribution in [1.82, 2.24) is 5.32 Å². The number of thioether (sulfide) groups is 1. The van der Waals surface area contributed by atoms with E-state index in [4.69, 9.17) is 17.3 Å². The van der Waals surface area contributed by atoms with Crippen molar-refractivity contribution in [3.8, 4) is 0 Å². The molecule has 8 heteroatoms. The summed E-state index contributed by atoms with van der Waals surface area (Å²) >= 11 is 6.99. The van der Waals surface area contributed by atoms with Gasteiger partial charge in [-0.05, 0) is 42.0 Å². The average Bonchev–Trinajstić information content (AvgIpc) is 2.98. The SMILES string of the molecule is Cl.N[C@H]1CCN(c2cc(Cl)ccc2/C=C2\SC(=O)NC2=O)C1. The Morgan fingerprint density at radius 1 is 1.41 bits per heavy atom. The summed E-state index contributed by atoms with van der Waals surface area (Å²) in [6.07, 6.45) is 2.65. The number of carbonyl (C=O) groups is 2. The van der Waals surface area contributed by atoms with Gasteiger partial charge in [0.25, 0.3) is 11.1 Å². The van der Waals surface area contributed by atoms with Crippen LogP contribution in [0, 0.1) is 0 Å². The van der Waals surface area contributed by atoms with Crippen molar-refractivity contribution in [2.45, 2.75) is 12.5 Å². The predicted molar refractivity (Wildman–Crippen MR) is 92.6 cm³/mol. The molecule has 3 rings (SSSR count). The van der Waals surface area contributed by atoms with Crippen LogP contribution in [0.5, 0.6) is 0 Å². The molecule has 2 saturated heterocycles. The summed E-state index contributed by atoms with van der Waals surface area (Å²) < 4.78 is 0. The van der Waals surface area contributed by atoms with Crippen LogP contribution in [0.25, 0.3) is 6.08 Å². The topological polar surface area (TPSA) is 75.4 Å². The molecule has 2 aliphatic rings. The van der Waals surface area contributed by atoms with E-state index >= 15 is 0 Å². The van der Waals surface area contributed by atoms with Crippen LogP contribution in [-0.2, 0) is 4.79 Å². The number of halogens is 2. The van der Waals surface area contributed by atoms with E-state index < -0.39 is 0 Å². The third-order valence-electron chi connectivity index (χ3n) is 3.49. The van der Waals surface area contributed by atoms with E-state index in [2.05, 4.69) is 10.2 Å². The number of carbonyl (C=O) groups excluding carboxylic acids is 2. The maximum Gasteiger partial charge on any atom is 0.290 e. The molecule has 2 fully saturated rings. The molecule has 0 aromatic heterocycles. The minimum atomic E-state index is -0.357. The molecule has 0 radical (unpaired) electrons. The minimum Gasteiger partial charge on any atom is -0.369 e. The summed E-state index contributed by atoms with van der Waals surface area (Å²) in [7, 11) is 0. The van der Waals surface area contributed by atoms with E-state index in [0.717, 1.165) is 42.5 Å². The molecule has 3 N–H and O–H groups in total. The van der Waals surface area contributed by atoms with Crippen LogP contribution < -0.4 is 16.0 Å². The van der Waals surface area contributed by atoms with Crippen molar-refractivity contribution in [2.75, 3.05) is 18.0 Å². The van der Waals surface area contributed by atoms with E-state index in [0.29, 0.717) is 9.93 Å². The Hall–Kier alpha value is -1.21. The second kappa shape index (κ2) is 6.91. The Balaban J connectivity index is 0.00000176. The van der Waals surface area contributed by atoms with Gasteiger partial charge in [-0.3, -0.25) is 14.9 Å². The van der Waals surface area contributed by atoms with Gasteiger partial charge in [-0.15, -0.1) is 12.4 Å². The minimum absolute atomic E-state index is 0. The van der Waals surface area contributed by atoms with Crippen LogP contribution in [-0.4, -0.2) is 30.3 Å². The molecule has 118 valence electrons. The van der Waals surface area contributed by atoms with Crippen molar-refractivity contribution in [3.63, 3.8) is 0 Å². The fourth-order valence-corrected chi connectivity index (χ4v) is 3.32. The number of nitrogens with two attached hydrogens (primary N) is 1. The Labute approximate surface area is 143 Å². The monoisotopic (exact) mass is 359 g/mol. The van der Waals surface area contributed by atoms with E-state index in [1.165, 1.54) is 0 Å². The maximum absolute atomic E-state index is 11.7. The molecule has 1 aromatic rings. The summed E-state index contributed by atoms with van der Waals surface area (Å²) in [6, 6.07) is 5.64. The second-order valence-corrected chi connectivity index (χ2v) is 6.50. The second-order valence-electron chi connectivity index (χ2n) is 5.05. The maximum atomic E-state index is 11.7. The predicted octanol–water partition coefficient (Wildman–Crippen LogP) is 2.62. The van der Waals surface area contributed by atoms with Gasteiger partial charge in [0.05, 0.1) is 4.91 Å². The average molecular weight is 360 g/mol. The first-order valence-corrected chi connectivity index (χ1v) is 7.77. The summed E-state index contributed by atoms with van der Waals surface area (Å²) in [6.45, 7) is 1.62. The molecule has 1 atom stereocenters. The van der Waals surface area contributed by atoms with Gasteiger partial charge in [0.1, 0.15) is 0 Å². The van der Waals surface area contributed by atoms with Gasteiger partial charge in [0, 0.05) is 29.8 Å². The third kappa shape index (κ3) is 3.57. The largest absolute Gasteiger partial charge is 0.369 e. The highest BCUT2D eigenvalue weighted by Gasteiger charge is 2.26. The summed E-state index contributed by atoms with van der Waals surface area (Å²) in [5, 5.41) is 2.54. The number of rotatable bonds is 2. The summed E-state index contributed by atoms with van der Waals surface area (Å²) in [5.74, 6) is -0.357. The van der Waals surface area contributed by atoms with Gasteiger partial charge in [-0.25, -0.2) is 0 Å². The highest BCUT2D eigenvalue weighted by Crippen LogP contribution is 2.32. The number of anilines is 1. The Morgan fingerprint density at radius 3 is 2.77 bits per heavy atom. The fraction of sp³-hybridized carbons (Fsp3) is 0.286. The normalized spacial score (nSPS) is 22.9. The van der Waals surface area contributed by atoms with E-state index in [-0.39, 0.29) is 29.6 Å². The molecule has 2 amide bonds. The number of amides is 2. The number of benzene rings is 1.